The van der Waals surface area contributed by atoms with Gasteiger partial charge in [0.2, 0.25) is 0 Å². The molecule has 3 N–H and O–H groups in total. The number of fused-ring (bicyclic) bond motifs is 1. The normalized spacial score (nSPS) is 17.0. The Morgan fingerprint density at radius 2 is 2.29 bits per heavy atom. The number of hydrazone groups is 1. The molecule has 1 aromatic carbocycles. The lowest BCUT2D eigenvalue weighted by Gasteiger charge is -2.19. The summed E-state index contributed by atoms with van der Waals surface area (Å²) in [6.45, 7) is 2.21. The summed E-state index contributed by atoms with van der Waals surface area (Å²) in [5.74, 6) is -0.0116. The largest absolute Gasteiger partial charge is 0.504 e. The average molecular weight is 344 g/mol. The van der Waals surface area contributed by atoms with Crippen LogP contribution in [0, 0.1) is 5.92 Å². The fourth-order valence-corrected chi connectivity index (χ4v) is 4.03. The molecule has 3 rings (SSSR count). The zero-order valence-corrected chi connectivity index (χ0v) is 14.3. The maximum absolute atomic E-state index is 12.2. The van der Waals surface area contributed by atoms with Crippen LogP contribution < -0.4 is 5.43 Å². The van der Waals surface area contributed by atoms with E-state index in [1.807, 2.05) is 6.07 Å². The second-order valence-corrected chi connectivity index (χ2v) is 7.13. The molecule has 0 aliphatic heterocycles. The summed E-state index contributed by atoms with van der Waals surface area (Å²) in [5, 5.41) is 23.0. The minimum atomic E-state index is -0.257. The van der Waals surface area contributed by atoms with Gasteiger partial charge in [-0.05, 0) is 48.9 Å². The summed E-state index contributed by atoms with van der Waals surface area (Å²) < 4.78 is 0. The summed E-state index contributed by atoms with van der Waals surface area (Å²) in [6, 6.07) is 6.54. The van der Waals surface area contributed by atoms with Crippen LogP contribution in [0.25, 0.3) is 0 Å². The third-order valence-corrected chi connectivity index (χ3v) is 5.64. The summed E-state index contributed by atoms with van der Waals surface area (Å²) in [7, 11) is 0. The van der Waals surface area contributed by atoms with Crippen LogP contribution in [0.15, 0.2) is 29.4 Å². The Kier molecular flexibility index (Phi) is 4.85. The van der Waals surface area contributed by atoms with Gasteiger partial charge in [0, 0.05) is 10.4 Å². The number of aryl methyl sites for hydroxylation is 1. The quantitative estimate of drug-likeness (QED) is 0.451. The number of rotatable bonds is 4. The summed E-state index contributed by atoms with van der Waals surface area (Å²) in [6.07, 6.45) is 5.78. The zero-order valence-electron chi connectivity index (χ0n) is 13.5. The van der Waals surface area contributed by atoms with E-state index in [4.69, 9.17) is 0 Å². The molecule has 0 unspecified atom stereocenters. The number of hydrogen-bond acceptors (Lipinski definition) is 5. The number of benzene rings is 1. The predicted molar refractivity (Wildman–Crippen MR) is 95.0 cm³/mol. The van der Waals surface area contributed by atoms with Crippen molar-refractivity contribution in [3.8, 4) is 11.5 Å². The number of phenolic OH excluding ortho intramolecular Hbond substituents is 2. The monoisotopic (exact) mass is 344 g/mol. The van der Waals surface area contributed by atoms with Crippen molar-refractivity contribution in [2.24, 2.45) is 11.0 Å². The van der Waals surface area contributed by atoms with Gasteiger partial charge in [-0.25, -0.2) is 5.43 Å². The molecule has 1 heterocycles. The molecule has 24 heavy (non-hydrogen) atoms. The van der Waals surface area contributed by atoms with Crippen molar-refractivity contribution < 1.29 is 15.0 Å². The van der Waals surface area contributed by atoms with E-state index in [9.17, 15) is 15.0 Å². The van der Waals surface area contributed by atoms with Crippen molar-refractivity contribution in [3.05, 3.63) is 45.1 Å². The van der Waals surface area contributed by atoms with Gasteiger partial charge >= 0.3 is 0 Å². The molecule has 0 fully saturated rings. The third-order valence-electron chi connectivity index (χ3n) is 4.40. The van der Waals surface area contributed by atoms with Crippen molar-refractivity contribution in [2.45, 2.75) is 32.6 Å². The maximum Gasteiger partial charge on any atom is 0.281 e. The first-order valence-electron chi connectivity index (χ1n) is 8.04. The van der Waals surface area contributed by atoms with Crippen LogP contribution in [-0.2, 0) is 12.8 Å². The van der Waals surface area contributed by atoms with Crippen molar-refractivity contribution in [1.82, 2.24) is 5.43 Å². The minimum absolute atomic E-state index is 0.221. The molecule has 1 aromatic heterocycles. The highest BCUT2D eigenvalue weighted by atomic mass is 32.1. The van der Waals surface area contributed by atoms with Crippen LogP contribution in [-0.4, -0.2) is 22.3 Å². The van der Waals surface area contributed by atoms with Crippen molar-refractivity contribution >= 4 is 23.5 Å². The second kappa shape index (κ2) is 7.05. The Labute approximate surface area is 144 Å². The number of carbonyl (C=O) groups is 1. The maximum atomic E-state index is 12.2. The lowest BCUT2D eigenvalue weighted by molar-refractivity contribution is 0.0959. The summed E-state index contributed by atoms with van der Waals surface area (Å²) in [4.78, 5) is 14.2. The van der Waals surface area contributed by atoms with Crippen LogP contribution in [0.2, 0.25) is 0 Å². The highest BCUT2D eigenvalue weighted by Crippen LogP contribution is 2.33. The lowest BCUT2D eigenvalue weighted by atomic mass is 9.87. The fourth-order valence-electron chi connectivity index (χ4n) is 2.93. The third kappa shape index (κ3) is 3.43. The van der Waals surface area contributed by atoms with E-state index < -0.39 is 0 Å². The Morgan fingerprint density at radius 1 is 1.46 bits per heavy atom. The summed E-state index contributed by atoms with van der Waals surface area (Å²) in [5.41, 5.74) is 4.11. The van der Waals surface area contributed by atoms with Gasteiger partial charge in [-0.2, -0.15) is 5.10 Å². The first kappa shape index (κ1) is 16.5. The highest BCUT2D eigenvalue weighted by Gasteiger charge is 2.21. The van der Waals surface area contributed by atoms with Crippen LogP contribution in [0.5, 0.6) is 11.5 Å². The average Bonchev–Trinajstić information content (AvgIpc) is 3.01. The Morgan fingerprint density at radius 3 is 3.08 bits per heavy atom. The first-order chi connectivity index (χ1) is 11.6. The van der Waals surface area contributed by atoms with Crippen LogP contribution >= 0.6 is 11.3 Å². The van der Waals surface area contributed by atoms with Crippen molar-refractivity contribution in [1.29, 1.82) is 0 Å². The van der Waals surface area contributed by atoms with Gasteiger partial charge in [0.25, 0.3) is 5.91 Å². The lowest BCUT2D eigenvalue weighted by Crippen LogP contribution is -2.16. The number of thiophene rings is 1. The molecule has 1 atom stereocenters. The second-order valence-electron chi connectivity index (χ2n) is 5.99. The fraction of sp³-hybridized carbons (Fsp3) is 0.333. The van der Waals surface area contributed by atoms with Gasteiger partial charge in [-0.1, -0.05) is 19.4 Å². The number of nitrogens with zero attached hydrogens (tertiary/aromatic N) is 1. The molecule has 6 heteroatoms. The van der Waals surface area contributed by atoms with Gasteiger partial charge in [0.05, 0.1) is 11.1 Å². The summed E-state index contributed by atoms with van der Waals surface area (Å²) >= 11 is 1.53. The standard InChI is InChI=1S/C18H20N2O3S/c1-2-11-6-7-15-13(8-11)9-16(24-15)18(23)20-19-10-12-4-3-5-14(21)17(12)22/h3-5,9-11,21-22H,2,6-8H2,1H3,(H,20,23)/b19-10+/t11-/m0/s1. The van der Waals surface area contributed by atoms with E-state index in [0.717, 1.165) is 18.8 Å². The number of nitrogens with one attached hydrogen (secondary N) is 1. The van der Waals surface area contributed by atoms with Crippen LogP contribution in [0.4, 0.5) is 0 Å². The molecular formula is C18H20N2O3S. The molecule has 1 amide bonds. The molecule has 0 radical (unpaired) electrons. The van der Waals surface area contributed by atoms with E-state index in [-0.39, 0.29) is 17.4 Å². The van der Waals surface area contributed by atoms with Gasteiger partial charge in [-0.3, -0.25) is 4.79 Å². The SMILES string of the molecule is CC[C@H]1CCc2sc(C(=O)N/N=C/c3cccc(O)c3O)cc2C1. The first-order valence-corrected chi connectivity index (χ1v) is 8.86. The molecule has 0 saturated heterocycles. The van der Waals surface area contributed by atoms with Crippen molar-refractivity contribution in [3.63, 3.8) is 0 Å². The molecule has 1 aliphatic carbocycles. The number of phenols is 2. The number of aromatic hydroxyl groups is 2. The van der Waals surface area contributed by atoms with E-state index in [1.165, 1.54) is 46.9 Å². The van der Waals surface area contributed by atoms with Gasteiger partial charge in [0.15, 0.2) is 11.5 Å². The van der Waals surface area contributed by atoms with Crippen LogP contribution in [0.1, 0.15) is 45.4 Å². The molecule has 126 valence electrons. The van der Waals surface area contributed by atoms with Gasteiger partial charge < -0.3 is 10.2 Å². The molecule has 0 spiro atoms. The van der Waals surface area contributed by atoms with E-state index in [0.29, 0.717) is 10.4 Å². The molecule has 0 bridgehead atoms. The Bertz CT molecular complexity index is 783. The zero-order chi connectivity index (χ0) is 17.1. The van der Waals surface area contributed by atoms with Crippen LogP contribution in [0.3, 0.4) is 0 Å². The number of amides is 1. The van der Waals surface area contributed by atoms with E-state index in [1.54, 1.807) is 12.1 Å². The minimum Gasteiger partial charge on any atom is -0.504 e. The Balaban J connectivity index is 1.67. The van der Waals surface area contributed by atoms with Crippen molar-refractivity contribution in [2.75, 3.05) is 0 Å². The van der Waals surface area contributed by atoms with E-state index >= 15 is 0 Å². The van der Waals surface area contributed by atoms with Gasteiger partial charge in [0.1, 0.15) is 0 Å². The van der Waals surface area contributed by atoms with Gasteiger partial charge in [-0.15, -0.1) is 11.3 Å². The molecule has 1 aliphatic rings. The molecular weight excluding hydrogens is 324 g/mol. The predicted octanol–water partition coefficient (Wildman–Crippen LogP) is 3.44. The topological polar surface area (TPSA) is 81.9 Å². The molecule has 0 saturated carbocycles. The number of para-hydroxylation sites is 1. The highest BCUT2D eigenvalue weighted by molar-refractivity contribution is 7.14. The molecule has 2 aromatic rings. The Hall–Kier alpha value is -2.34. The number of carbonyl (C=O) groups excluding carboxylic acids is 1. The van der Waals surface area contributed by atoms with E-state index in [2.05, 4.69) is 17.5 Å². The molecule has 5 nitrogen and oxygen atoms in total. The number of hydrogen-bond donors (Lipinski definition) is 3. The smallest absolute Gasteiger partial charge is 0.281 e.